The van der Waals surface area contributed by atoms with Gasteiger partial charge in [0, 0.05) is 38.7 Å². The zero-order chi connectivity index (χ0) is 14.4. The molecule has 2 rings (SSSR count). The summed E-state index contributed by atoms with van der Waals surface area (Å²) in [5.41, 5.74) is 2.53. The van der Waals surface area contributed by atoms with E-state index in [1.165, 1.54) is 0 Å². The van der Waals surface area contributed by atoms with Gasteiger partial charge in [0.05, 0.1) is 0 Å². The van der Waals surface area contributed by atoms with Crippen LogP contribution >= 0.6 is 0 Å². The van der Waals surface area contributed by atoms with Crippen LogP contribution in [0.4, 0.5) is 11.6 Å². The lowest BCUT2D eigenvalue weighted by atomic mass is 10.3. The number of nitrogens with zero attached hydrogens (tertiary/aromatic N) is 3. The first-order valence-corrected chi connectivity index (χ1v) is 6.67. The van der Waals surface area contributed by atoms with Gasteiger partial charge in [-0.1, -0.05) is 0 Å². The first-order chi connectivity index (χ1) is 9.72. The van der Waals surface area contributed by atoms with Crippen LogP contribution in [-0.2, 0) is 16.1 Å². The van der Waals surface area contributed by atoms with Crippen LogP contribution in [-0.4, -0.2) is 42.1 Å². The summed E-state index contributed by atoms with van der Waals surface area (Å²) in [7, 11) is 0. The fourth-order valence-corrected chi connectivity index (χ4v) is 1.97. The van der Waals surface area contributed by atoms with Gasteiger partial charge in [0.2, 0.25) is 5.91 Å². The second-order valence-electron chi connectivity index (χ2n) is 4.40. The van der Waals surface area contributed by atoms with Crippen molar-refractivity contribution < 1.29 is 9.53 Å². The molecule has 8 heteroatoms. The van der Waals surface area contributed by atoms with Crippen LogP contribution in [0.25, 0.3) is 0 Å². The molecule has 0 unspecified atom stereocenters. The zero-order valence-electron chi connectivity index (χ0n) is 11.6. The van der Waals surface area contributed by atoms with Crippen molar-refractivity contribution in [2.45, 2.75) is 20.0 Å². The molecule has 8 nitrogen and oxygen atoms in total. The first kappa shape index (κ1) is 14.5. The lowest BCUT2D eigenvalue weighted by molar-refractivity contribution is -0.120. The van der Waals surface area contributed by atoms with Crippen LogP contribution < -0.4 is 21.5 Å². The summed E-state index contributed by atoms with van der Waals surface area (Å²) in [5, 5.41) is 2.83. The van der Waals surface area contributed by atoms with Crippen molar-refractivity contribution in [1.29, 1.82) is 0 Å². The molecule has 1 aliphatic rings. The molecule has 1 saturated heterocycles. The molecule has 0 spiro atoms. The topological polar surface area (TPSA) is 105 Å². The van der Waals surface area contributed by atoms with E-state index in [2.05, 4.69) is 20.7 Å². The first-order valence-electron chi connectivity index (χ1n) is 6.67. The quantitative estimate of drug-likeness (QED) is 0.499. The second-order valence-corrected chi connectivity index (χ2v) is 4.40. The van der Waals surface area contributed by atoms with Crippen LogP contribution in [0.1, 0.15) is 19.2 Å². The van der Waals surface area contributed by atoms with Crippen molar-refractivity contribution in [3.63, 3.8) is 0 Å². The molecule has 0 bridgehead atoms. The van der Waals surface area contributed by atoms with Crippen molar-refractivity contribution in [1.82, 2.24) is 15.3 Å². The summed E-state index contributed by atoms with van der Waals surface area (Å²) in [4.78, 5) is 22.1. The molecule has 20 heavy (non-hydrogen) atoms. The number of nitrogen functional groups attached to an aromatic ring is 1. The highest BCUT2D eigenvalue weighted by Gasteiger charge is 2.16. The number of rotatable bonds is 5. The maximum absolute atomic E-state index is 11.4. The highest BCUT2D eigenvalue weighted by atomic mass is 16.5. The fourth-order valence-electron chi connectivity index (χ4n) is 1.97. The fraction of sp³-hybridized carbons (Fsp3) is 0.583. The number of amides is 1. The van der Waals surface area contributed by atoms with Gasteiger partial charge < -0.3 is 20.4 Å². The number of hydrogen-bond donors (Lipinski definition) is 3. The molecular formula is C12H20N6O2. The molecular weight excluding hydrogens is 260 g/mol. The van der Waals surface area contributed by atoms with E-state index in [1.54, 1.807) is 6.07 Å². The molecule has 1 aliphatic heterocycles. The minimum atomic E-state index is 0.0632. The monoisotopic (exact) mass is 280 g/mol. The third kappa shape index (κ3) is 3.78. The van der Waals surface area contributed by atoms with Crippen molar-refractivity contribution in [2.24, 2.45) is 5.84 Å². The highest BCUT2D eigenvalue weighted by Crippen LogP contribution is 2.17. The Bertz CT molecular complexity index is 467. The summed E-state index contributed by atoms with van der Waals surface area (Å²) in [6.45, 7) is 4.79. The third-order valence-corrected chi connectivity index (χ3v) is 2.98. The van der Waals surface area contributed by atoms with Crippen molar-refractivity contribution in [3.8, 4) is 0 Å². The van der Waals surface area contributed by atoms with E-state index in [1.807, 2.05) is 11.8 Å². The average molecular weight is 280 g/mol. The van der Waals surface area contributed by atoms with Gasteiger partial charge in [-0.15, -0.1) is 0 Å². The second kappa shape index (κ2) is 7.01. The van der Waals surface area contributed by atoms with E-state index in [-0.39, 0.29) is 5.91 Å². The van der Waals surface area contributed by atoms with E-state index in [4.69, 9.17) is 10.6 Å². The van der Waals surface area contributed by atoms with Gasteiger partial charge in [0.1, 0.15) is 18.2 Å². The number of hydrazine groups is 1. The number of carbonyl (C=O) groups is 1. The van der Waals surface area contributed by atoms with Crippen molar-refractivity contribution >= 4 is 17.5 Å². The largest absolute Gasteiger partial charge is 0.374 e. The molecule has 0 radical (unpaired) electrons. The Labute approximate surface area is 117 Å². The number of anilines is 2. The lowest BCUT2D eigenvalue weighted by Crippen LogP contribution is -2.29. The van der Waals surface area contributed by atoms with Crippen molar-refractivity contribution in [3.05, 3.63) is 11.9 Å². The zero-order valence-corrected chi connectivity index (χ0v) is 11.6. The van der Waals surface area contributed by atoms with Crippen LogP contribution in [0, 0.1) is 0 Å². The summed E-state index contributed by atoms with van der Waals surface area (Å²) < 4.78 is 5.32. The number of nitrogens with one attached hydrogen (secondary N) is 2. The van der Waals surface area contributed by atoms with Crippen molar-refractivity contribution in [2.75, 3.05) is 36.6 Å². The Morgan fingerprint density at radius 3 is 3.10 bits per heavy atom. The third-order valence-electron chi connectivity index (χ3n) is 2.98. The molecule has 1 amide bonds. The maximum Gasteiger partial charge on any atom is 0.221 e. The van der Waals surface area contributed by atoms with Gasteiger partial charge in [-0.2, -0.15) is 0 Å². The summed E-state index contributed by atoms with van der Waals surface area (Å²) in [6, 6.07) is 1.77. The molecule has 0 aromatic carbocycles. The predicted octanol–water partition coefficient (Wildman–Crippen LogP) is -0.375. The van der Waals surface area contributed by atoms with Gasteiger partial charge in [-0.05, 0) is 6.92 Å². The summed E-state index contributed by atoms with van der Waals surface area (Å²) in [5.74, 6) is 7.35. The molecule has 1 fully saturated rings. The standard InChI is InChI=1S/C12H20N6O2/c1-2-20-8-10-15-9(17-13)7-11(16-10)18-5-3-12(19)14-4-6-18/h7H,2-6,8,13H2,1H3,(H,14,19)(H,15,16,17). The van der Waals surface area contributed by atoms with E-state index >= 15 is 0 Å². The molecule has 4 N–H and O–H groups in total. The number of hydrogen-bond acceptors (Lipinski definition) is 7. The SMILES string of the molecule is CCOCc1nc(NN)cc(N2CCNC(=O)CC2)n1. The summed E-state index contributed by atoms with van der Waals surface area (Å²) in [6.07, 6.45) is 0.455. The number of ether oxygens (including phenoxy) is 1. The van der Waals surface area contributed by atoms with Gasteiger partial charge >= 0.3 is 0 Å². The molecule has 0 saturated carbocycles. The molecule has 0 aliphatic carbocycles. The van der Waals surface area contributed by atoms with Crippen LogP contribution in [0.5, 0.6) is 0 Å². The van der Waals surface area contributed by atoms with E-state index < -0.39 is 0 Å². The Morgan fingerprint density at radius 1 is 1.50 bits per heavy atom. The molecule has 1 aromatic rings. The van der Waals surface area contributed by atoms with E-state index in [9.17, 15) is 4.79 Å². The Morgan fingerprint density at radius 2 is 2.35 bits per heavy atom. The van der Waals surface area contributed by atoms with Gasteiger partial charge in [0.25, 0.3) is 0 Å². The number of nitrogens with two attached hydrogens (primary N) is 1. The molecule has 2 heterocycles. The molecule has 110 valence electrons. The maximum atomic E-state index is 11.4. The van der Waals surface area contributed by atoms with Gasteiger partial charge in [0.15, 0.2) is 5.82 Å². The highest BCUT2D eigenvalue weighted by molar-refractivity contribution is 5.77. The smallest absolute Gasteiger partial charge is 0.221 e. The lowest BCUT2D eigenvalue weighted by Gasteiger charge is -2.21. The Balaban J connectivity index is 2.18. The van der Waals surface area contributed by atoms with Crippen LogP contribution in [0.15, 0.2) is 6.07 Å². The minimum absolute atomic E-state index is 0.0632. The van der Waals surface area contributed by atoms with Crippen LogP contribution in [0.3, 0.4) is 0 Å². The number of carbonyl (C=O) groups excluding carboxylic acids is 1. The normalized spacial score (nSPS) is 15.7. The predicted molar refractivity (Wildman–Crippen MR) is 75.0 cm³/mol. The average Bonchev–Trinajstić information content (AvgIpc) is 2.69. The summed E-state index contributed by atoms with van der Waals surface area (Å²) >= 11 is 0. The molecule has 0 atom stereocenters. The van der Waals surface area contributed by atoms with E-state index in [0.717, 1.165) is 5.82 Å². The minimum Gasteiger partial charge on any atom is -0.374 e. The molecule has 1 aromatic heterocycles. The Hall–Kier alpha value is -1.93. The van der Waals surface area contributed by atoms with Gasteiger partial charge in [-0.3, -0.25) is 4.79 Å². The Kier molecular flexibility index (Phi) is 5.08. The number of aromatic nitrogens is 2. The van der Waals surface area contributed by atoms with Crippen LogP contribution in [0.2, 0.25) is 0 Å². The van der Waals surface area contributed by atoms with E-state index in [0.29, 0.717) is 50.9 Å². The van der Waals surface area contributed by atoms with Gasteiger partial charge in [-0.25, -0.2) is 15.8 Å².